The van der Waals surface area contributed by atoms with Crippen LogP contribution in [0, 0.1) is 0 Å². The van der Waals surface area contributed by atoms with Crippen LogP contribution in [0.1, 0.15) is 0 Å². The second kappa shape index (κ2) is 11.9. The van der Waals surface area contributed by atoms with Crippen LogP contribution in [-0.2, 0) is 0 Å². The summed E-state index contributed by atoms with van der Waals surface area (Å²) in [6, 6.07) is 65.5. The molecule has 11 aromatic rings. The molecule has 3 nitrogen and oxygen atoms in total. The molecule has 4 heteroatoms. The number of nitrogens with zero attached hydrogens (tertiary/aromatic N) is 3. The minimum atomic E-state index is 0.944. The summed E-state index contributed by atoms with van der Waals surface area (Å²) in [7, 11) is 0. The first-order chi connectivity index (χ1) is 26.3. The standard InChI is InChI=1S/C49H31N3S/c1-4-13-32(14-5-1)36-29-42(33-15-6-2-7-16-33)50-43(30-36)34-17-12-20-38(27-34)52-45-31-44-35(25-26-51(44)37-18-8-3-9-19-37)28-41(45)39-23-24-47-48(49(39)52)40-21-10-11-22-46(40)53-47/h1-31H. The molecule has 0 bridgehead atoms. The number of rotatable bonds is 5. The van der Waals surface area contributed by atoms with Crippen molar-refractivity contribution < 1.29 is 0 Å². The van der Waals surface area contributed by atoms with Crippen LogP contribution in [0.4, 0.5) is 0 Å². The zero-order chi connectivity index (χ0) is 34.9. The minimum Gasteiger partial charge on any atom is -0.316 e. The van der Waals surface area contributed by atoms with Crippen LogP contribution in [-0.4, -0.2) is 14.1 Å². The molecule has 0 saturated heterocycles. The van der Waals surface area contributed by atoms with E-state index in [0.29, 0.717) is 0 Å². The van der Waals surface area contributed by atoms with Crippen molar-refractivity contribution in [3.8, 4) is 45.0 Å². The molecule has 0 spiro atoms. The largest absolute Gasteiger partial charge is 0.316 e. The number of aromatic nitrogens is 3. The van der Waals surface area contributed by atoms with E-state index in [0.717, 1.165) is 39.5 Å². The van der Waals surface area contributed by atoms with Gasteiger partial charge >= 0.3 is 0 Å². The zero-order valence-corrected chi connectivity index (χ0v) is 29.5. The van der Waals surface area contributed by atoms with E-state index in [-0.39, 0.29) is 0 Å². The maximum atomic E-state index is 5.30. The molecule has 0 fully saturated rings. The predicted octanol–water partition coefficient (Wildman–Crippen LogP) is 13.5. The van der Waals surface area contributed by atoms with Gasteiger partial charge in [-0.3, -0.25) is 0 Å². The van der Waals surface area contributed by atoms with Gasteiger partial charge in [-0.05, 0) is 77.9 Å². The summed E-state index contributed by atoms with van der Waals surface area (Å²) in [6.45, 7) is 0. The molecular formula is C49H31N3S. The van der Waals surface area contributed by atoms with Crippen molar-refractivity contribution in [2.75, 3.05) is 0 Å². The third-order valence-corrected chi connectivity index (χ3v) is 11.7. The highest BCUT2D eigenvalue weighted by molar-refractivity contribution is 7.26. The Morgan fingerprint density at radius 3 is 1.91 bits per heavy atom. The SMILES string of the molecule is c1ccc(-c2cc(-c3ccccc3)nc(-c3cccc(-n4c5cc6c(ccn6-c6ccccc6)cc5c5ccc6sc7ccccc7c6c54)c3)c2)cc1. The van der Waals surface area contributed by atoms with Gasteiger partial charge in [-0.2, -0.15) is 0 Å². The second-order valence-corrected chi connectivity index (χ2v) is 14.7. The predicted molar refractivity (Wildman–Crippen MR) is 225 cm³/mol. The first-order valence-electron chi connectivity index (χ1n) is 18.0. The van der Waals surface area contributed by atoms with Crippen molar-refractivity contribution in [2.45, 2.75) is 0 Å². The summed E-state index contributed by atoms with van der Waals surface area (Å²) in [6.07, 6.45) is 2.19. The Hall–Kier alpha value is -6.75. The molecule has 53 heavy (non-hydrogen) atoms. The van der Waals surface area contributed by atoms with Crippen LogP contribution in [0.25, 0.3) is 97.9 Å². The molecule has 0 atom stereocenters. The lowest BCUT2D eigenvalue weighted by Crippen LogP contribution is -1.97. The first-order valence-corrected chi connectivity index (χ1v) is 18.8. The highest BCUT2D eigenvalue weighted by Gasteiger charge is 2.20. The van der Waals surface area contributed by atoms with Gasteiger partial charge in [0.05, 0.1) is 27.9 Å². The van der Waals surface area contributed by atoms with E-state index in [1.54, 1.807) is 0 Å². The minimum absolute atomic E-state index is 0.944. The van der Waals surface area contributed by atoms with Gasteiger partial charge < -0.3 is 9.13 Å². The number of fused-ring (bicyclic) bond motifs is 8. The van der Waals surface area contributed by atoms with Gasteiger partial charge in [0.1, 0.15) is 0 Å². The average Bonchev–Trinajstić information content (AvgIpc) is 3.92. The number of pyridine rings is 1. The molecule has 0 radical (unpaired) electrons. The molecule has 0 amide bonds. The fourth-order valence-electron chi connectivity index (χ4n) is 8.06. The number of thiophene rings is 1. The van der Waals surface area contributed by atoms with Crippen LogP contribution in [0.3, 0.4) is 0 Å². The molecule has 0 aliphatic rings. The fourth-order valence-corrected chi connectivity index (χ4v) is 9.17. The summed E-state index contributed by atoms with van der Waals surface area (Å²) in [5.41, 5.74) is 12.2. The van der Waals surface area contributed by atoms with Gasteiger partial charge in [0.15, 0.2) is 0 Å². The van der Waals surface area contributed by atoms with Crippen LogP contribution in [0.15, 0.2) is 188 Å². The number of hydrogen-bond donors (Lipinski definition) is 0. The molecular weight excluding hydrogens is 663 g/mol. The van der Waals surface area contributed by atoms with Gasteiger partial charge in [0, 0.05) is 65.0 Å². The Labute approximate surface area is 310 Å². The topological polar surface area (TPSA) is 22.8 Å². The molecule has 0 aliphatic carbocycles. The first kappa shape index (κ1) is 29.9. The lowest BCUT2D eigenvalue weighted by atomic mass is 10.00. The summed E-state index contributed by atoms with van der Waals surface area (Å²) in [4.78, 5) is 5.30. The number of para-hydroxylation sites is 1. The normalized spacial score (nSPS) is 11.8. The van der Waals surface area contributed by atoms with Crippen molar-refractivity contribution in [3.63, 3.8) is 0 Å². The smallest absolute Gasteiger partial charge is 0.0716 e. The maximum absolute atomic E-state index is 5.30. The molecule has 0 saturated carbocycles. The second-order valence-electron chi connectivity index (χ2n) is 13.6. The Balaban J connectivity index is 1.20. The van der Waals surface area contributed by atoms with Crippen molar-refractivity contribution in [2.24, 2.45) is 0 Å². The third kappa shape index (κ3) is 4.84. The van der Waals surface area contributed by atoms with E-state index in [2.05, 4.69) is 197 Å². The van der Waals surface area contributed by atoms with Crippen molar-refractivity contribution in [3.05, 3.63) is 188 Å². The average molecular weight is 694 g/mol. The highest BCUT2D eigenvalue weighted by Crippen LogP contribution is 2.44. The molecule has 7 aromatic carbocycles. The summed E-state index contributed by atoms with van der Waals surface area (Å²) < 4.78 is 7.39. The van der Waals surface area contributed by atoms with Gasteiger partial charge in [-0.25, -0.2) is 4.98 Å². The zero-order valence-electron chi connectivity index (χ0n) is 28.6. The lowest BCUT2D eigenvalue weighted by molar-refractivity contribution is 1.13. The van der Waals surface area contributed by atoms with Crippen LogP contribution < -0.4 is 0 Å². The quantitative estimate of drug-likeness (QED) is 0.176. The van der Waals surface area contributed by atoms with Crippen LogP contribution >= 0.6 is 11.3 Å². The van der Waals surface area contributed by atoms with E-state index in [1.807, 2.05) is 11.3 Å². The van der Waals surface area contributed by atoms with Crippen LogP contribution in [0.5, 0.6) is 0 Å². The Bertz CT molecular complexity index is 3090. The molecule has 0 unspecified atom stereocenters. The van der Waals surface area contributed by atoms with Gasteiger partial charge in [-0.15, -0.1) is 11.3 Å². The summed E-state index contributed by atoms with van der Waals surface area (Å²) >= 11 is 1.87. The van der Waals surface area contributed by atoms with E-state index in [9.17, 15) is 0 Å². The molecule has 4 aromatic heterocycles. The van der Waals surface area contributed by atoms with Gasteiger partial charge in [-0.1, -0.05) is 115 Å². The van der Waals surface area contributed by atoms with Crippen molar-refractivity contribution >= 4 is 64.2 Å². The molecule has 0 aliphatic heterocycles. The summed E-state index contributed by atoms with van der Waals surface area (Å²) in [5, 5.41) is 6.32. The fraction of sp³-hybridized carbons (Fsp3) is 0. The van der Waals surface area contributed by atoms with E-state index >= 15 is 0 Å². The Kier molecular flexibility index (Phi) is 6.73. The van der Waals surface area contributed by atoms with E-state index in [1.165, 1.54) is 58.4 Å². The molecule has 248 valence electrons. The van der Waals surface area contributed by atoms with E-state index in [4.69, 9.17) is 4.98 Å². The van der Waals surface area contributed by atoms with Crippen molar-refractivity contribution in [1.82, 2.24) is 14.1 Å². The number of benzene rings is 7. The lowest BCUT2D eigenvalue weighted by Gasteiger charge is -2.13. The molecule has 11 rings (SSSR count). The maximum Gasteiger partial charge on any atom is 0.0716 e. The number of hydrogen-bond acceptors (Lipinski definition) is 2. The molecule has 0 N–H and O–H groups in total. The Morgan fingerprint density at radius 2 is 1.09 bits per heavy atom. The highest BCUT2D eigenvalue weighted by atomic mass is 32.1. The van der Waals surface area contributed by atoms with Gasteiger partial charge in [0.2, 0.25) is 0 Å². The molecule has 4 heterocycles. The van der Waals surface area contributed by atoms with E-state index < -0.39 is 0 Å². The van der Waals surface area contributed by atoms with Gasteiger partial charge in [0.25, 0.3) is 0 Å². The monoisotopic (exact) mass is 693 g/mol. The van der Waals surface area contributed by atoms with Crippen LogP contribution in [0.2, 0.25) is 0 Å². The third-order valence-electron chi connectivity index (χ3n) is 10.5. The van der Waals surface area contributed by atoms with Crippen molar-refractivity contribution in [1.29, 1.82) is 0 Å². The summed E-state index contributed by atoms with van der Waals surface area (Å²) in [5.74, 6) is 0. The Morgan fingerprint density at radius 1 is 0.415 bits per heavy atom.